The molecule has 1 fully saturated rings. The summed E-state index contributed by atoms with van der Waals surface area (Å²) in [6.45, 7) is 1.39. The van der Waals surface area contributed by atoms with E-state index in [1.54, 1.807) is 30.6 Å². The van der Waals surface area contributed by atoms with E-state index in [1.807, 2.05) is 18.2 Å². The summed E-state index contributed by atoms with van der Waals surface area (Å²) >= 11 is 5.93. The molecule has 0 aliphatic carbocycles. The van der Waals surface area contributed by atoms with Crippen LogP contribution in [-0.4, -0.2) is 42.7 Å². The predicted octanol–water partition coefficient (Wildman–Crippen LogP) is 3.07. The summed E-state index contributed by atoms with van der Waals surface area (Å²) in [7, 11) is -3.62. The highest BCUT2D eigenvalue weighted by atomic mass is 35.5. The number of anilines is 1. The van der Waals surface area contributed by atoms with E-state index in [0.717, 1.165) is 36.5 Å². The number of nitrogens with one attached hydrogen (secondary N) is 2. The van der Waals surface area contributed by atoms with E-state index in [-0.39, 0.29) is 10.9 Å². The van der Waals surface area contributed by atoms with Crippen LogP contribution in [0, 0.1) is 0 Å². The SMILES string of the molecule is O=S(=O)(NC1CCCN(c2cc(-c3ccncc3)[nH]n2)C1)c1cccc(Cl)c1. The van der Waals surface area contributed by atoms with Crippen LogP contribution in [0.3, 0.4) is 0 Å². The lowest BCUT2D eigenvalue weighted by atomic mass is 10.1. The van der Waals surface area contributed by atoms with E-state index in [0.29, 0.717) is 11.6 Å². The number of aromatic nitrogens is 3. The number of sulfonamides is 1. The highest BCUT2D eigenvalue weighted by Gasteiger charge is 2.26. The first-order valence-corrected chi connectivity index (χ1v) is 10.9. The van der Waals surface area contributed by atoms with Crippen LogP contribution in [0.1, 0.15) is 12.8 Å². The molecule has 0 radical (unpaired) electrons. The maximum Gasteiger partial charge on any atom is 0.240 e. The molecular formula is C19H20ClN5O2S. The lowest BCUT2D eigenvalue weighted by Crippen LogP contribution is -2.47. The third-order valence-electron chi connectivity index (χ3n) is 4.73. The van der Waals surface area contributed by atoms with Crippen LogP contribution in [0.4, 0.5) is 5.82 Å². The van der Waals surface area contributed by atoms with Gasteiger partial charge in [-0.05, 0) is 43.2 Å². The standard InChI is InChI=1S/C19H20ClN5O2S/c20-15-3-1-5-17(11-15)28(26,27)24-16-4-2-10-25(13-16)19-12-18(22-23-19)14-6-8-21-9-7-14/h1,3,5-9,11-12,16,24H,2,4,10,13H2,(H,22,23). The number of H-pyrrole nitrogens is 1. The molecule has 1 aliphatic rings. The van der Waals surface area contributed by atoms with Crippen molar-refractivity contribution >= 4 is 27.4 Å². The Morgan fingerprint density at radius 2 is 2.00 bits per heavy atom. The van der Waals surface area contributed by atoms with Crippen molar-refractivity contribution in [3.8, 4) is 11.3 Å². The number of aromatic amines is 1. The molecule has 1 aliphatic heterocycles. The summed E-state index contributed by atoms with van der Waals surface area (Å²) in [5.74, 6) is 0.804. The molecule has 146 valence electrons. The van der Waals surface area contributed by atoms with E-state index >= 15 is 0 Å². The molecule has 0 amide bonds. The van der Waals surface area contributed by atoms with Crippen LogP contribution >= 0.6 is 11.6 Å². The zero-order valence-corrected chi connectivity index (χ0v) is 16.6. The summed E-state index contributed by atoms with van der Waals surface area (Å²) in [6, 6.07) is 11.9. The second-order valence-corrected chi connectivity index (χ2v) is 8.89. The van der Waals surface area contributed by atoms with Crippen molar-refractivity contribution in [2.75, 3.05) is 18.0 Å². The molecule has 1 aromatic carbocycles. The van der Waals surface area contributed by atoms with Crippen LogP contribution in [0.25, 0.3) is 11.3 Å². The van der Waals surface area contributed by atoms with Gasteiger partial charge in [-0.3, -0.25) is 10.1 Å². The second kappa shape index (κ2) is 7.90. The zero-order chi connectivity index (χ0) is 19.6. The van der Waals surface area contributed by atoms with Crippen molar-refractivity contribution in [2.24, 2.45) is 0 Å². The van der Waals surface area contributed by atoms with Crippen molar-refractivity contribution in [3.63, 3.8) is 0 Å². The third-order valence-corrected chi connectivity index (χ3v) is 6.48. The molecule has 28 heavy (non-hydrogen) atoms. The number of piperidine rings is 1. The molecule has 0 saturated carbocycles. The van der Waals surface area contributed by atoms with Gasteiger partial charge in [-0.1, -0.05) is 17.7 Å². The molecule has 7 nitrogen and oxygen atoms in total. The second-order valence-electron chi connectivity index (χ2n) is 6.74. The number of pyridine rings is 1. The van der Waals surface area contributed by atoms with Gasteiger partial charge in [0.1, 0.15) is 0 Å². The lowest BCUT2D eigenvalue weighted by Gasteiger charge is -2.33. The quantitative estimate of drug-likeness (QED) is 0.665. The average Bonchev–Trinajstić information content (AvgIpc) is 3.19. The van der Waals surface area contributed by atoms with E-state index in [2.05, 4.69) is 24.8 Å². The molecule has 3 heterocycles. The van der Waals surface area contributed by atoms with Crippen molar-refractivity contribution in [1.82, 2.24) is 19.9 Å². The van der Waals surface area contributed by atoms with Crippen molar-refractivity contribution in [2.45, 2.75) is 23.8 Å². The van der Waals surface area contributed by atoms with Crippen LogP contribution in [0.15, 0.2) is 59.8 Å². The first-order chi connectivity index (χ1) is 13.5. The smallest absolute Gasteiger partial charge is 0.240 e. The minimum Gasteiger partial charge on any atom is -0.354 e. The maximum absolute atomic E-state index is 12.7. The number of hydrogen-bond donors (Lipinski definition) is 2. The Bertz CT molecular complexity index is 1050. The van der Waals surface area contributed by atoms with Crippen LogP contribution in [0.2, 0.25) is 5.02 Å². The number of halogens is 1. The van der Waals surface area contributed by atoms with Gasteiger partial charge in [-0.15, -0.1) is 0 Å². The highest BCUT2D eigenvalue weighted by molar-refractivity contribution is 7.89. The molecule has 0 spiro atoms. The van der Waals surface area contributed by atoms with Gasteiger partial charge in [0, 0.05) is 48.2 Å². The summed E-state index contributed by atoms with van der Waals surface area (Å²) < 4.78 is 28.1. The fourth-order valence-corrected chi connectivity index (χ4v) is 4.92. The van der Waals surface area contributed by atoms with Gasteiger partial charge in [-0.25, -0.2) is 13.1 Å². The molecule has 2 N–H and O–H groups in total. The fourth-order valence-electron chi connectivity index (χ4n) is 3.36. The summed E-state index contributed by atoms with van der Waals surface area (Å²) in [4.78, 5) is 6.29. The molecule has 9 heteroatoms. The fraction of sp³-hybridized carbons (Fsp3) is 0.263. The first kappa shape index (κ1) is 18.9. The average molecular weight is 418 g/mol. The molecule has 0 bridgehead atoms. The van der Waals surface area contributed by atoms with E-state index < -0.39 is 10.0 Å². The number of nitrogens with zero attached hydrogens (tertiary/aromatic N) is 3. The minimum atomic E-state index is -3.62. The number of benzene rings is 1. The van der Waals surface area contributed by atoms with Gasteiger partial charge >= 0.3 is 0 Å². The lowest BCUT2D eigenvalue weighted by molar-refractivity contribution is 0.464. The molecule has 1 atom stereocenters. The molecule has 3 aromatic rings. The van der Waals surface area contributed by atoms with E-state index in [9.17, 15) is 8.42 Å². The van der Waals surface area contributed by atoms with Gasteiger partial charge in [0.2, 0.25) is 10.0 Å². The molecule has 4 rings (SSSR count). The van der Waals surface area contributed by atoms with Crippen molar-refractivity contribution in [1.29, 1.82) is 0 Å². The van der Waals surface area contributed by atoms with Crippen LogP contribution in [0.5, 0.6) is 0 Å². The van der Waals surface area contributed by atoms with E-state index in [1.165, 1.54) is 6.07 Å². The Balaban J connectivity index is 1.47. The minimum absolute atomic E-state index is 0.178. The summed E-state index contributed by atoms with van der Waals surface area (Å²) in [5.41, 5.74) is 1.91. The van der Waals surface area contributed by atoms with Gasteiger partial charge in [0.15, 0.2) is 5.82 Å². The van der Waals surface area contributed by atoms with Crippen LogP contribution < -0.4 is 9.62 Å². The Labute approximate surface area is 168 Å². The third kappa shape index (κ3) is 4.19. The van der Waals surface area contributed by atoms with Gasteiger partial charge < -0.3 is 4.90 Å². The van der Waals surface area contributed by atoms with Crippen LogP contribution in [-0.2, 0) is 10.0 Å². The van der Waals surface area contributed by atoms with Gasteiger partial charge in [-0.2, -0.15) is 5.10 Å². The highest BCUT2D eigenvalue weighted by Crippen LogP contribution is 2.24. The maximum atomic E-state index is 12.7. The normalized spacial score (nSPS) is 17.6. The Hall–Kier alpha value is -2.42. The zero-order valence-electron chi connectivity index (χ0n) is 15.0. The Morgan fingerprint density at radius 1 is 1.18 bits per heavy atom. The molecular weight excluding hydrogens is 398 g/mol. The first-order valence-electron chi connectivity index (χ1n) is 9.00. The predicted molar refractivity (Wildman–Crippen MR) is 109 cm³/mol. The molecule has 2 aromatic heterocycles. The van der Waals surface area contributed by atoms with Gasteiger partial charge in [0.25, 0.3) is 0 Å². The topological polar surface area (TPSA) is 91.0 Å². The van der Waals surface area contributed by atoms with Gasteiger partial charge in [0.05, 0.1) is 10.6 Å². The Morgan fingerprint density at radius 3 is 2.79 bits per heavy atom. The summed E-state index contributed by atoms with van der Waals surface area (Å²) in [5, 5.41) is 7.84. The Kier molecular flexibility index (Phi) is 5.34. The van der Waals surface area contributed by atoms with Crippen molar-refractivity contribution < 1.29 is 8.42 Å². The largest absolute Gasteiger partial charge is 0.354 e. The summed E-state index contributed by atoms with van der Waals surface area (Å²) in [6.07, 6.45) is 5.12. The molecule has 1 unspecified atom stereocenters. The molecule has 1 saturated heterocycles. The number of rotatable bonds is 5. The van der Waals surface area contributed by atoms with Crippen molar-refractivity contribution in [3.05, 3.63) is 59.9 Å². The monoisotopic (exact) mass is 417 g/mol. The number of hydrogen-bond acceptors (Lipinski definition) is 5. The van der Waals surface area contributed by atoms with E-state index in [4.69, 9.17) is 11.6 Å².